The standard InChI is InChI=1S/C15H28N6O3S.C6H10.C2H4.C2H2/c1-3-6-25-15-19-13(18-2)12(16)14(20-15)21(17)9-7-10(23)11(8-9)24-5-4-22;1-4-5-6(2)3;2*1-2/h9-11,22-23H,3-8,16-17H2,1-2H3,(H,18,19,20);4-5H,1H2,2-3H3;1-2H2;1-2H/t9-,10-,11-;;;/m0.../s1. The molecule has 0 spiro atoms. The molecular formula is C25H44N6O3S. The van der Waals surface area contributed by atoms with E-state index >= 15 is 0 Å². The molecule has 0 aliphatic heterocycles. The summed E-state index contributed by atoms with van der Waals surface area (Å²) >= 11 is 1.54. The van der Waals surface area contributed by atoms with Gasteiger partial charge in [-0.05, 0) is 33.1 Å². The highest BCUT2D eigenvalue weighted by atomic mass is 32.2. The van der Waals surface area contributed by atoms with E-state index in [0.717, 1.165) is 12.2 Å². The molecule has 0 unspecified atom stereocenters. The second-order valence-electron chi connectivity index (χ2n) is 7.40. The molecule has 0 bridgehead atoms. The minimum Gasteiger partial charge on any atom is -0.394 e. The molecule has 3 atom stereocenters. The van der Waals surface area contributed by atoms with Crippen LogP contribution < -0.4 is 21.9 Å². The number of hydrazine groups is 1. The normalized spacial score (nSPS) is 17.8. The molecule has 1 fully saturated rings. The predicted molar refractivity (Wildman–Crippen MR) is 150 cm³/mol. The molecule has 0 saturated heterocycles. The summed E-state index contributed by atoms with van der Waals surface area (Å²) in [6, 6.07) is -0.162. The number of hydrogen-bond acceptors (Lipinski definition) is 10. The van der Waals surface area contributed by atoms with Gasteiger partial charge in [-0.15, -0.1) is 26.0 Å². The van der Waals surface area contributed by atoms with Gasteiger partial charge in [0, 0.05) is 12.8 Å². The van der Waals surface area contributed by atoms with E-state index in [4.69, 9.17) is 21.4 Å². The molecule has 0 radical (unpaired) electrons. The van der Waals surface area contributed by atoms with Crippen LogP contribution in [0.15, 0.2) is 42.6 Å². The summed E-state index contributed by atoms with van der Waals surface area (Å²) in [5.74, 6) is 8.16. The Morgan fingerprint density at radius 1 is 1.31 bits per heavy atom. The van der Waals surface area contributed by atoms with Crippen molar-refractivity contribution >= 4 is 29.1 Å². The lowest BCUT2D eigenvalue weighted by Gasteiger charge is -2.26. The van der Waals surface area contributed by atoms with E-state index in [9.17, 15) is 5.11 Å². The van der Waals surface area contributed by atoms with Crippen molar-refractivity contribution in [2.24, 2.45) is 5.84 Å². The van der Waals surface area contributed by atoms with E-state index in [1.54, 1.807) is 24.9 Å². The number of anilines is 3. The summed E-state index contributed by atoms with van der Waals surface area (Å²) in [7, 11) is 1.75. The average molecular weight is 509 g/mol. The molecular weight excluding hydrogens is 464 g/mol. The van der Waals surface area contributed by atoms with Crippen LogP contribution in [0.1, 0.15) is 40.0 Å². The fourth-order valence-corrected chi connectivity index (χ4v) is 3.75. The summed E-state index contributed by atoms with van der Waals surface area (Å²) in [6.07, 6.45) is 12.8. The summed E-state index contributed by atoms with van der Waals surface area (Å²) in [5.41, 5.74) is 7.84. The molecule has 7 N–H and O–H groups in total. The lowest BCUT2D eigenvalue weighted by Crippen LogP contribution is -2.41. The Balaban J connectivity index is 0. The number of aliphatic hydroxyl groups is 2. The van der Waals surface area contributed by atoms with Crippen molar-refractivity contribution < 1.29 is 14.9 Å². The van der Waals surface area contributed by atoms with Gasteiger partial charge in [-0.25, -0.2) is 15.8 Å². The molecule has 1 heterocycles. The Bertz CT molecular complexity index is 771. The quantitative estimate of drug-likeness (QED) is 0.0607. The Kier molecular flexibility index (Phi) is 20.6. The molecule has 198 valence electrons. The Hall–Kier alpha value is -2.55. The van der Waals surface area contributed by atoms with E-state index in [-0.39, 0.29) is 25.4 Å². The van der Waals surface area contributed by atoms with Crippen LogP contribution in [0, 0.1) is 12.8 Å². The maximum atomic E-state index is 10.2. The Morgan fingerprint density at radius 3 is 2.40 bits per heavy atom. The number of aliphatic hydroxyl groups excluding tert-OH is 2. The van der Waals surface area contributed by atoms with Gasteiger partial charge in [0.05, 0.1) is 31.5 Å². The third-order valence-corrected chi connectivity index (χ3v) is 5.59. The zero-order valence-electron chi connectivity index (χ0n) is 21.6. The van der Waals surface area contributed by atoms with Crippen LogP contribution in [0.5, 0.6) is 0 Å². The van der Waals surface area contributed by atoms with Gasteiger partial charge >= 0.3 is 0 Å². The number of rotatable bonds is 10. The Labute approximate surface area is 215 Å². The molecule has 1 aromatic rings. The van der Waals surface area contributed by atoms with Gasteiger partial charge in [-0.2, -0.15) is 0 Å². The van der Waals surface area contributed by atoms with Crippen LogP contribution >= 0.6 is 11.8 Å². The summed E-state index contributed by atoms with van der Waals surface area (Å²) in [4.78, 5) is 8.90. The molecule has 1 aliphatic carbocycles. The van der Waals surface area contributed by atoms with Crippen LogP contribution in [0.2, 0.25) is 0 Å². The van der Waals surface area contributed by atoms with Crippen molar-refractivity contribution in [2.45, 2.75) is 63.4 Å². The number of aromatic nitrogens is 2. The van der Waals surface area contributed by atoms with Crippen molar-refractivity contribution in [3.05, 3.63) is 37.5 Å². The predicted octanol–water partition coefficient (Wildman–Crippen LogP) is 3.37. The van der Waals surface area contributed by atoms with Crippen molar-refractivity contribution in [3.8, 4) is 12.8 Å². The molecule has 0 amide bonds. The van der Waals surface area contributed by atoms with Crippen LogP contribution in [-0.2, 0) is 4.74 Å². The third kappa shape index (κ3) is 12.6. The second-order valence-corrected chi connectivity index (χ2v) is 8.47. The number of ether oxygens (including phenoxy) is 1. The molecule has 0 aromatic carbocycles. The first-order valence-corrected chi connectivity index (χ1v) is 12.3. The monoisotopic (exact) mass is 508 g/mol. The maximum absolute atomic E-state index is 10.2. The first-order chi connectivity index (χ1) is 16.8. The number of terminal acetylenes is 1. The smallest absolute Gasteiger partial charge is 0.191 e. The first-order valence-electron chi connectivity index (χ1n) is 11.3. The van der Waals surface area contributed by atoms with Gasteiger partial charge in [-0.3, -0.25) is 5.01 Å². The number of allylic oxidation sites excluding steroid dienone is 3. The zero-order chi connectivity index (χ0) is 27.4. The molecule has 9 nitrogen and oxygen atoms in total. The number of hydrogen-bond donors (Lipinski definition) is 5. The maximum Gasteiger partial charge on any atom is 0.191 e. The van der Waals surface area contributed by atoms with Gasteiger partial charge < -0.3 is 26.0 Å². The van der Waals surface area contributed by atoms with Crippen molar-refractivity contribution in [2.75, 3.05) is 42.1 Å². The van der Waals surface area contributed by atoms with Gasteiger partial charge in [0.15, 0.2) is 16.8 Å². The molecule has 10 heteroatoms. The molecule has 1 aliphatic rings. The minimum atomic E-state index is -0.636. The summed E-state index contributed by atoms with van der Waals surface area (Å²) < 4.78 is 5.47. The van der Waals surface area contributed by atoms with E-state index < -0.39 is 6.10 Å². The number of nitrogens with two attached hydrogens (primary N) is 2. The zero-order valence-corrected chi connectivity index (χ0v) is 22.4. The van der Waals surface area contributed by atoms with Crippen molar-refractivity contribution in [1.82, 2.24) is 9.97 Å². The average Bonchev–Trinajstić information content (AvgIpc) is 3.24. The highest BCUT2D eigenvalue weighted by Crippen LogP contribution is 2.34. The van der Waals surface area contributed by atoms with E-state index in [2.05, 4.69) is 54.8 Å². The number of nitrogen functional groups attached to an aromatic ring is 1. The van der Waals surface area contributed by atoms with E-state index in [1.807, 2.05) is 19.9 Å². The van der Waals surface area contributed by atoms with Crippen molar-refractivity contribution in [3.63, 3.8) is 0 Å². The topological polar surface area (TPSA) is 143 Å². The molecule has 1 aromatic heterocycles. The molecule has 35 heavy (non-hydrogen) atoms. The highest BCUT2D eigenvalue weighted by Gasteiger charge is 2.37. The van der Waals surface area contributed by atoms with Crippen LogP contribution in [0.4, 0.5) is 17.3 Å². The van der Waals surface area contributed by atoms with Crippen LogP contribution in [0.25, 0.3) is 0 Å². The van der Waals surface area contributed by atoms with Gasteiger partial charge in [0.1, 0.15) is 5.69 Å². The van der Waals surface area contributed by atoms with Gasteiger partial charge in [0.25, 0.3) is 0 Å². The number of thioether (sulfide) groups is 1. The van der Waals surface area contributed by atoms with Gasteiger partial charge in [-0.1, -0.05) is 43.0 Å². The largest absolute Gasteiger partial charge is 0.394 e. The van der Waals surface area contributed by atoms with E-state index in [1.165, 1.54) is 10.6 Å². The second kappa shape index (κ2) is 20.8. The highest BCUT2D eigenvalue weighted by molar-refractivity contribution is 7.99. The lowest BCUT2D eigenvalue weighted by molar-refractivity contribution is -0.0302. The fourth-order valence-electron chi connectivity index (χ4n) is 3.05. The lowest BCUT2D eigenvalue weighted by atomic mass is 10.2. The number of nitrogens with zero attached hydrogens (tertiary/aromatic N) is 3. The summed E-state index contributed by atoms with van der Waals surface area (Å²) in [5, 5.41) is 24.1. The number of nitrogens with one attached hydrogen (secondary N) is 1. The Morgan fingerprint density at radius 2 is 1.94 bits per heavy atom. The SMILES string of the molecule is C#C.C=C.C=CC=C(C)C.CCCSc1nc(NC)c(N)c(N(N)[C@@H]2C[C@H](OCCO)[C@@H](O)C2)n1. The van der Waals surface area contributed by atoms with Crippen LogP contribution in [0.3, 0.4) is 0 Å². The minimum absolute atomic E-state index is 0.0807. The van der Waals surface area contributed by atoms with Gasteiger partial charge in [0.2, 0.25) is 0 Å². The van der Waals surface area contributed by atoms with Crippen molar-refractivity contribution in [1.29, 1.82) is 0 Å². The summed E-state index contributed by atoms with van der Waals surface area (Å²) in [6.45, 7) is 15.8. The first kappa shape index (κ1) is 34.6. The molecule has 1 saturated carbocycles. The fraction of sp³-hybridized carbons (Fsp3) is 0.520. The van der Waals surface area contributed by atoms with E-state index in [0.29, 0.717) is 35.3 Å². The third-order valence-electron chi connectivity index (χ3n) is 4.54. The van der Waals surface area contributed by atoms with Crippen LogP contribution in [-0.4, -0.2) is 64.4 Å². The molecule has 2 rings (SSSR count).